The first-order valence-corrected chi connectivity index (χ1v) is 10.9. The SMILES string of the molecule is CCC(C)(C)CC[C@H]1C(O)CC(=O)C1SCCCSCC(C)=O. The summed E-state index contributed by atoms with van der Waals surface area (Å²) < 4.78 is 0. The normalized spacial score (nSPS) is 25.1. The van der Waals surface area contributed by atoms with Crippen molar-refractivity contribution < 1.29 is 14.7 Å². The second-order valence-corrected chi connectivity index (χ2v) is 9.71. The van der Waals surface area contributed by atoms with Crippen LogP contribution in [-0.2, 0) is 9.59 Å². The molecule has 0 saturated heterocycles. The maximum absolute atomic E-state index is 12.2. The predicted octanol–water partition coefficient (Wildman–Crippen LogP) is 3.97. The molecule has 0 spiro atoms. The molecule has 1 rings (SSSR count). The summed E-state index contributed by atoms with van der Waals surface area (Å²) >= 11 is 3.38. The zero-order valence-electron chi connectivity index (χ0n) is 15.0. The third kappa shape index (κ3) is 7.61. The number of carbonyl (C=O) groups excluding carboxylic acids is 2. The number of aliphatic hydroxyl groups is 1. The van der Waals surface area contributed by atoms with Gasteiger partial charge in [0.15, 0.2) is 0 Å². The first-order valence-electron chi connectivity index (χ1n) is 8.66. The van der Waals surface area contributed by atoms with Crippen LogP contribution in [0.4, 0.5) is 0 Å². The maximum atomic E-state index is 12.2. The van der Waals surface area contributed by atoms with Gasteiger partial charge < -0.3 is 5.11 Å². The van der Waals surface area contributed by atoms with E-state index in [0.717, 1.165) is 37.2 Å². The van der Waals surface area contributed by atoms with Crippen molar-refractivity contribution >= 4 is 35.1 Å². The minimum absolute atomic E-state index is 0.0320. The van der Waals surface area contributed by atoms with E-state index in [1.54, 1.807) is 30.4 Å². The second-order valence-electron chi connectivity index (χ2n) is 7.36. The van der Waals surface area contributed by atoms with Crippen molar-refractivity contribution in [2.45, 2.75) is 71.2 Å². The third-order valence-corrected chi connectivity index (χ3v) is 7.44. The molecule has 1 saturated carbocycles. The van der Waals surface area contributed by atoms with Crippen LogP contribution in [0.25, 0.3) is 0 Å². The first-order chi connectivity index (χ1) is 10.8. The fraction of sp³-hybridized carbons (Fsp3) is 0.889. The minimum atomic E-state index is -0.459. The van der Waals surface area contributed by atoms with Crippen LogP contribution in [0, 0.1) is 11.3 Å². The summed E-state index contributed by atoms with van der Waals surface area (Å²) in [4.78, 5) is 23.1. The highest BCUT2D eigenvalue weighted by molar-refractivity contribution is 8.01. The molecule has 23 heavy (non-hydrogen) atoms. The fourth-order valence-electron chi connectivity index (χ4n) is 2.80. The zero-order chi connectivity index (χ0) is 17.5. The van der Waals surface area contributed by atoms with Crippen molar-refractivity contribution in [2.75, 3.05) is 17.3 Å². The van der Waals surface area contributed by atoms with Crippen LogP contribution in [0.5, 0.6) is 0 Å². The van der Waals surface area contributed by atoms with Crippen LogP contribution in [0.1, 0.15) is 59.8 Å². The molecule has 0 aromatic heterocycles. The molecule has 1 aliphatic carbocycles. The minimum Gasteiger partial charge on any atom is -0.392 e. The van der Waals surface area contributed by atoms with E-state index in [1.807, 2.05) is 0 Å². The Morgan fingerprint density at radius 2 is 2.04 bits per heavy atom. The van der Waals surface area contributed by atoms with Crippen molar-refractivity contribution in [1.29, 1.82) is 0 Å². The van der Waals surface area contributed by atoms with Crippen LogP contribution in [0.3, 0.4) is 0 Å². The molecular formula is C18H32O3S2. The smallest absolute Gasteiger partial charge is 0.148 e. The maximum Gasteiger partial charge on any atom is 0.148 e. The van der Waals surface area contributed by atoms with Gasteiger partial charge in [0.25, 0.3) is 0 Å². The highest BCUT2D eigenvalue weighted by Crippen LogP contribution is 2.39. The number of thioether (sulfide) groups is 2. The van der Waals surface area contributed by atoms with E-state index in [-0.39, 0.29) is 28.1 Å². The number of Topliss-reactive ketones (excluding diaryl/α,β-unsaturated/α-hetero) is 2. The summed E-state index contributed by atoms with van der Waals surface area (Å²) in [6.07, 6.45) is 3.99. The van der Waals surface area contributed by atoms with Gasteiger partial charge in [-0.2, -0.15) is 23.5 Å². The van der Waals surface area contributed by atoms with Gasteiger partial charge in [0, 0.05) is 12.3 Å². The van der Waals surface area contributed by atoms with Crippen molar-refractivity contribution in [3.05, 3.63) is 0 Å². The van der Waals surface area contributed by atoms with Crippen LogP contribution >= 0.6 is 23.5 Å². The average molecular weight is 361 g/mol. The van der Waals surface area contributed by atoms with Gasteiger partial charge in [-0.25, -0.2) is 0 Å². The molecule has 0 aromatic carbocycles. The Kier molecular flexibility index (Phi) is 9.24. The predicted molar refractivity (Wildman–Crippen MR) is 101 cm³/mol. The molecular weight excluding hydrogens is 328 g/mol. The summed E-state index contributed by atoms with van der Waals surface area (Å²) in [5.41, 5.74) is 0.282. The lowest BCUT2D eigenvalue weighted by molar-refractivity contribution is -0.117. The lowest BCUT2D eigenvalue weighted by Crippen LogP contribution is -2.25. The number of hydrogen-bond donors (Lipinski definition) is 1. The van der Waals surface area contributed by atoms with E-state index in [4.69, 9.17) is 0 Å². The van der Waals surface area contributed by atoms with Gasteiger partial charge in [0.05, 0.1) is 17.1 Å². The van der Waals surface area contributed by atoms with Gasteiger partial charge in [0.1, 0.15) is 11.6 Å². The van der Waals surface area contributed by atoms with E-state index in [1.165, 1.54) is 0 Å². The van der Waals surface area contributed by atoms with E-state index in [2.05, 4.69) is 20.8 Å². The Morgan fingerprint density at radius 1 is 1.35 bits per heavy atom. The lowest BCUT2D eigenvalue weighted by Gasteiger charge is -2.27. The Hall–Kier alpha value is -0.0000000000000000555. The van der Waals surface area contributed by atoms with Gasteiger partial charge in [-0.15, -0.1) is 0 Å². The summed E-state index contributed by atoms with van der Waals surface area (Å²) in [6, 6.07) is 0. The molecule has 1 aliphatic rings. The van der Waals surface area contributed by atoms with Crippen molar-refractivity contribution in [3.8, 4) is 0 Å². The molecule has 0 aromatic rings. The van der Waals surface area contributed by atoms with Crippen molar-refractivity contribution in [2.24, 2.45) is 11.3 Å². The molecule has 1 fully saturated rings. The van der Waals surface area contributed by atoms with E-state index in [0.29, 0.717) is 12.2 Å². The van der Waals surface area contributed by atoms with Gasteiger partial charge in [0.2, 0.25) is 0 Å². The summed E-state index contributed by atoms with van der Waals surface area (Å²) in [5, 5.41) is 10.2. The third-order valence-electron chi connectivity index (χ3n) is 4.76. The van der Waals surface area contributed by atoms with Crippen molar-refractivity contribution in [3.63, 3.8) is 0 Å². The zero-order valence-corrected chi connectivity index (χ0v) is 16.6. The fourth-order valence-corrected chi connectivity index (χ4v) is 5.17. The van der Waals surface area contributed by atoms with E-state index >= 15 is 0 Å². The van der Waals surface area contributed by atoms with E-state index < -0.39 is 6.10 Å². The summed E-state index contributed by atoms with van der Waals surface area (Å²) in [5.74, 6) is 3.03. The monoisotopic (exact) mass is 360 g/mol. The number of carbonyl (C=O) groups is 2. The quantitative estimate of drug-likeness (QED) is 0.565. The molecule has 1 N–H and O–H groups in total. The van der Waals surface area contributed by atoms with Crippen LogP contribution in [0.2, 0.25) is 0 Å². The Balaban J connectivity index is 2.38. The molecule has 5 heteroatoms. The molecule has 0 heterocycles. The number of ketones is 2. The molecule has 0 amide bonds. The Labute approximate surface area is 149 Å². The van der Waals surface area contributed by atoms with E-state index in [9.17, 15) is 14.7 Å². The van der Waals surface area contributed by atoms with Crippen LogP contribution < -0.4 is 0 Å². The molecule has 134 valence electrons. The van der Waals surface area contributed by atoms with Crippen molar-refractivity contribution in [1.82, 2.24) is 0 Å². The standard InChI is InChI=1S/C18H32O3S2/c1-5-18(3,4)8-7-14-15(20)11-16(21)17(14)23-10-6-9-22-12-13(2)19/h14-15,17,20H,5-12H2,1-4H3/t14-,15?,17?/m0/s1. The van der Waals surface area contributed by atoms with Gasteiger partial charge in [-0.05, 0) is 43.1 Å². The lowest BCUT2D eigenvalue weighted by atomic mass is 9.82. The highest BCUT2D eigenvalue weighted by Gasteiger charge is 2.41. The summed E-state index contributed by atoms with van der Waals surface area (Å²) in [6.45, 7) is 8.32. The number of hydrogen-bond acceptors (Lipinski definition) is 5. The largest absolute Gasteiger partial charge is 0.392 e. The summed E-state index contributed by atoms with van der Waals surface area (Å²) in [7, 11) is 0. The van der Waals surface area contributed by atoms with Gasteiger partial charge >= 0.3 is 0 Å². The van der Waals surface area contributed by atoms with Crippen LogP contribution in [-0.4, -0.2) is 45.3 Å². The first kappa shape index (κ1) is 21.0. The topological polar surface area (TPSA) is 54.4 Å². The van der Waals surface area contributed by atoms with Gasteiger partial charge in [-0.3, -0.25) is 9.59 Å². The molecule has 3 nitrogen and oxygen atoms in total. The molecule has 2 unspecified atom stereocenters. The molecule has 0 bridgehead atoms. The molecule has 3 atom stereocenters. The molecule has 0 radical (unpaired) electrons. The Bertz CT molecular complexity index is 396. The Morgan fingerprint density at radius 3 is 2.65 bits per heavy atom. The number of aliphatic hydroxyl groups excluding tert-OH is 1. The second kappa shape index (κ2) is 10.1. The average Bonchev–Trinajstić information content (AvgIpc) is 2.74. The molecule has 0 aliphatic heterocycles. The highest BCUT2D eigenvalue weighted by atomic mass is 32.2. The van der Waals surface area contributed by atoms with Crippen LogP contribution in [0.15, 0.2) is 0 Å². The van der Waals surface area contributed by atoms with Gasteiger partial charge in [-0.1, -0.05) is 27.2 Å². The number of rotatable bonds is 11.